The second-order valence-electron chi connectivity index (χ2n) is 11.4. The Morgan fingerprint density at radius 3 is 2.38 bits per heavy atom. The molecule has 2 heterocycles. The number of hydrogen-bond donors (Lipinski definition) is 2. The maximum Gasteiger partial charge on any atom is 0.234 e. The van der Waals surface area contributed by atoms with Gasteiger partial charge in [0, 0.05) is 37.6 Å². The van der Waals surface area contributed by atoms with Crippen LogP contribution in [-0.2, 0) is 17.3 Å². The molecule has 0 radical (unpaired) electrons. The van der Waals surface area contributed by atoms with Crippen molar-refractivity contribution in [3.63, 3.8) is 0 Å². The van der Waals surface area contributed by atoms with Crippen molar-refractivity contribution >= 4 is 11.6 Å². The van der Waals surface area contributed by atoms with Crippen LogP contribution in [0.4, 0.5) is 0 Å². The molecule has 1 aliphatic heterocycles. The molecule has 162 valence electrons. The number of aryl methyl sites for hydroxylation is 1. The van der Waals surface area contributed by atoms with E-state index >= 15 is 0 Å². The van der Waals surface area contributed by atoms with Gasteiger partial charge in [0.05, 0.1) is 23.6 Å². The number of amides is 1. The molecule has 1 saturated heterocycles. The van der Waals surface area contributed by atoms with Gasteiger partial charge in [-0.2, -0.15) is 5.10 Å². The van der Waals surface area contributed by atoms with E-state index in [0.717, 1.165) is 36.7 Å². The van der Waals surface area contributed by atoms with Crippen LogP contribution in [0.25, 0.3) is 5.70 Å². The van der Waals surface area contributed by atoms with E-state index in [-0.39, 0.29) is 16.9 Å². The van der Waals surface area contributed by atoms with Gasteiger partial charge in [0.25, 0.3) is 0 Å². The molecule has 6 nitrogen and oxygen atoms in total. The summed E-state index contributed by atoms with van der Waals surface area (Å²) >= 11 is 0. The minimum absolute atomic E-state index is 0.0382. The van der Waals surface area contributed by atoms with E-state index in [1.807, 2.05) is 32.5 Å². The molecule has 1 spiro atoms. The fourth-order valence-electron chi connectivity index (χ4n) is 4.72. The Kier molecular flexibility index (Phi) is 5.63. The molecule has 0 unspecified atom stereocenters. The molecule has 0 aromatic carbocycles. The lowest BCUT2D eigenvalue weighted by molar-refractivity contribution is -0.133. The highest BCUT2D eigenvalue weighted by atomic mass is 16.2. The molecule has 1 saturated carbocycles. The van der Waals surface area contributed by atoms with Crippen LogP contribution in [0.15, 0.2) is 12.6 Å². The normalized spacial score (nSPS) is 19.6. The number of likely N-dealkylation sites (tertiary alicyclic amines) is 1. The summed E-state index contributed by atoms with van der Waals surface area (Å²) in [4.78, 5) is 14.3. The third-order valence-electron chi connectivity index (χ3n) is 6.00. The third kappa shape index (κ3) is 5.21. The first-order chi connectivity index (χ1) is 13.3. The molecular formula is C23H39N5O. The maximum absolute atomic E-state index is 12.1. The number of aromatic nitrogens is 2. The van der Waals surface area contributed by atoms with Crippen molar-refractivity contribution in [1.29, 1.82) is 0 Å². The molecule has 1 aromatic heterocycles. The van der Waals surface area contributed by atoms with Crippen LogP contribution >= 0.6 is 0 Å². The van der Waals surface area contributed by atoms with Gasteiger partial charge >= 0.3 is 0 Å². The van der Waals surface area contributed by atoms with Crippen molar-refractivity contribution in [3.05, 3.63) is 24.0 Å². The smallest absolute Gasteiger partial charge is 0.234 e. The van der Waals surface area contributed by atoms with E-state index in [0.29, 0.717) is 17.9 Å². The van der Waals surface area contributed by atoms with Crippen LogP contribution in [0.1, 0.15) is 65.8 Å². The molecule has 2 fully saturated rings. The molecule has 2 aliphatic rings. The van der Waals surface area contributed by atoms with Crippen molar-refractivity contribution < 1.29 is 4.79 Å². The predicted octanol–water partition coefficient (Wildman–Crippen LogP) is 2.90. The standard InChI is InChI=1S/C23H39N5O/c1-16(18-9-19(21(2,3)4)26-27(18)8)24-12-17-10-23(11-17)14-28(15-23)13-20(29)25-22(5,6)7/h9,17,24H,1,10-15H2,2-8H3,(H,25,29). The highest BCUT2D eigenvalue weighted by molar-refractivity contribution is 5.78. The quantitative estimate of drug-likeness (QED) is 0.769. The van der Waals surface area contributed by atoms with E-state index < -0.39 is 0 Å². The highest BCUT2D eigenvalue weighted by Crippen LogP contribution is 2.51. The zero-order chi connectivity index (χ0) is 21.6. The maximum atomic E-state index is 12.1. The van der Waals surface area contributed by atoms with E-state index in [1.165, 1.54) is 12.8 Å². The molecule has 0 bridgehead atoms. The topological polar surface area (TPSA) is 62.2 Å². The van der Waals surface area contributed by atoms with E-state index in [1.54, 1.807) is 0 Å². The van der Waals surface area contributed by atoms with Crippen molar-refractivity contribution in [1.82, 2.24) is 25.3 Å². The summed E-state index contributed by atoms with van der Waals surface area (Å²) in [5.74, 6) is 0.819. The Balaban J connectivity index is 1.39. The largest absolute Gasteiger partial charge is 0.384 e. The number of carbonyl (C=O) groups is 1. The summed E-state index contributed by atoms with van der Waals surface area (Å²) in [7, 11) is 1.98. The summed E-state index contributed by atoms with van der Waals surface area (Å²) in [5, 5.41) is 11.2. The molecule has 2 N–H and O–H groups in total. The average molecular weight is 402 g/mol. The molecule has 0 atom stereocenters. The fraction of sp³-hybridized carbons (Fsp3) is 0.739. The van der Waals surface area contributed by atoms with Gasteiger partial charge in [-0.3, -0.25) is 14.4 Å². The summed E-state index contributed by atoms with van der Waals surface area (Å²) in [5.41, 5.74) is 3.43. The second kappa shape index (κ2) is 7.46. The minimum Gasteiger partial charge on any atom is -0.384 e. The van der Waals surface area contributed by atoms with Crippen LogP contribution in [0, 0.1) is 11.3 Å². The van der Waals surface area contributed by atoms with Crippen molar-refractivity contribution in [2.45, 2.75) is 65.3 Å². The highest BCUT2D eigenvalue weighted by Gasteiger charge is 2.52. The Hall–Kier alpha value is -1.82. The molecule has 6 heteroatoms. The molecule has 1 amide bonds. The van der Waals surface area contributed by atoms with E-state index in [2.05, 4.69) is 54.0 Å². The first kappa shape index (κ1) is 21.9. The molecule has 1 aromatic rings. The summed E-state index contributed by atoms with van der Waals surface area (Å²) in [6.07, 6.45) is 2.48. The van der Waals surface area contributed by atoms with Gasteiger partial charge in [-0.15, -0.1) is 0 Å². The third-order valence-corrected chi connectivity index (χ3v) is 6.00. The number of carbonyl (C=O) groups excluding carboxylic acids is 1. The molecular weight excluding hydrogens is 362 g/mol. The van der Waals surface area contributed by atoms with Crippen molar-refractivity contribution in [2.24, 2.45) is 18.4 Å². The lowest BCUT2D eigenvalue weighted by Crippen LogP contribution is -2.64. The summed E-state index contributed by atoms with van der Waals surface area (Å²) in [6, 6.07) is 2.14. The number of rotatable bonds is 6. The zero-order valence-electron chi connectivity index (χ0n) is 19.4. The molecule has 29 heavy (non-hydrogen) atoms. The number of nitrogens with zero attached hydrogens (tertiary/aromatic N) is 3. The first-order valence-corrected chi connectivity index (χ1v) is 10.8. The van der Waals surface area contributed by atoms with Gasteiger partial charge in [-0.1, -0.05) is 27.4 Å². The van der Waals surface area contributed by atoms with Crippen LogP contribution in [0.2, 0.25) is 0 Å². The number of hydrogen-bond acceptors (Lipinski definition) is 4. The SMILES string of the molecule is C=C(NCC1CC2(C1)CN(CC(=O)NC(C)(C)C)C2)c1cc(C(C)(C)C)nn1C. The van der Waals surface area contributed by atoms with Gasteiger partial charge in [-0.05, 0) is 51.0 Å². The second-order valence-corrected chi connectivity index (χ2v) is 11.4. The lowest BCUT2D eigenvalue weighted by Gasteiger charge is -2.59. The first-order valence-electron chi connectivity index (χ1n) is 10.8. The van der Waals surface area contributed by atoms with Crippen molar-refractivity contribution in [3.8, 4) is 0 Å². The monoisotopic (exact) mass is 401 g/mol. The van der Waals surface area contributed by atoms with Gasteiger partial charge in [0.2, 0.25) is 5.91 Å². The lowest BCUT2D eigenvalue weighted by atomic mass is 9.57. The van der Waals surface area contributed by atoms with Gasteiger partial charge in [0.15, 0.2) is 0 Å². The van der Waals surface area contributed by atoms with E-state index in [9.17, 15) is 4.79 Å². The van der Waals surface area contributed by atoms with Gasteiger partial charge < -0.3 is 10.6 Å². The zero-order valence-corrected chi connectivity index (χ0v) is 19.4. The Morgan fingerprint density at radius 1 is 1.24 bits per heavy atom. The van der Waals surface area contributed by atoms with Crippen molar-refractivity contribution in [2.75, 3.05) is 26.2 Å². The molecule has 3 rings (SSSR count). The van der Waals surface area contributed by atoms with Gasteiger partial charge in [0.1, 0.15) is 0 Å². The van der Waals surface area contributed by atoms with Crippen LogP contribution < -0.4 is 10.6 Å². The van der Waals surface area contributed by atoms with Crippen LogP contribution in [0.3, 0.4) is 0 Å². The molecule has 1 aliphatic carbocycles. The summed E-state index contributed by atoms with van der Waals surface area (Å²) in [6.45, 7) is 20.4. The van der Waals surface area contributed by atoms with E-state index in [4.69, 9.17) is 0 Å². The Bertz CT molecular complexity index is 766. The fourth-order valence-corrected chi connectivity index (χ4v) is 4.72. The predicted molar refractivity (Wildman–Crippen MR) is 118 cm³/mol. The van der Waals surface area contributed by atoms with Crippen LogP contribution in [-0.4, -0.2) is 52.3 Å². The Morgan fingerprint density at radius 2 is 1.86 bits per heavy atom. The average Bonchev–Trinajstić information content (AvgIpc) is 2.87. The van der Waals surface area contributed by atoms with Crippen LogP contribution in [0.5, 0.6) is 0 Å². The summed E-state index contributed by atoms with van der Waals surface area (Å²) < 4.78 is 1.92. The van der Waals surface area contributed by atoms with Gasteiger partial charge in [-0.25, -0.2) is 0 Å². The Labute approximate surface area is 176 Å². The number of nitrogens with one attached hydrogen (secondary N) is 2. The minimum atomic E-state index is -0.156.